The van der Waals surface area contributed by atoms with Gasteiger partial charge in [-0.05, 0) is 17.7 Å². The number of rotatable bonds is 6. The summed E-state index contributed by atoms with van der Waals surface area (Å²) in [5, 5.41) is 12.8. The van der Waals surface area contributed by atoms with E-state index in [0.29, 0.717) is 13.2 Å². The maximum Gasteiger partial charge on any atom is 0.100 e. The Morgan fingerprint density at radius 3 is 2.81 bits per heavy atom. The van der Waals surface area contributed by atoms with Crippen molar-refractivity contribution in [2.45, 2.75) is 25.6 Å². The number of nitrogens with zero attached hydrogens (tertiary/aromatic N) is 7. The Labute approximate surface area is 152 Å². The molecule has 1 atom stereocenters. The maximum absolute atomic E-state index is 6.00. The van der Waals surface area contributed by atoms with E-state index in [1.807, 2.05) is 41.8 Å². The Kier molecular flexibility index (Phi) is 4.77. The van der Waals surface area contributed by atoms with Crippen LogP contribution in [0.25, 0.3) is 0 Å². The van der Waals surface area contributed by atoms with Gasteiger partial charge in [-0.3, -0.25) is 19.2 Å². The second kappa shape index (κ2) is 7.35. The molecule has 0 saturated carbocycles. The Hall–Kier alpha value is -2.58. The highest BCUT2D eigenvalue weighted by atomic mass is 16.5. The van der Waals surface area contributed by atoms with Crippen molar-refractivity contribution in [1.29, 1.82) is 0 Å². The normalized spacial score (nSPS) is 17.4. The van der Waals surface area contributed by atoms with Crippen molar-refractivity contribution >= 4 is 0 Å². The Balaban J connectivity index is 1.44. The van der Waals surface area contributed by atoms with Gasteiger partial charge in [-0.25, -0.2) is 0 Å². The summed E-state index contributed by atoms with van der Waals surface area (Å²) in [5.74, 6) is 0.247. The van der Waals surface area contributed by atoms with Crippen LogP contribution in [-0.4, -0.2) is 47.8 Å². The number of hydrogen-bond acceptors (Lipinski definition) is 6. The van der Waals surface area contributed by atoms with Gasteiger partial charge in [0.2, 0.25) is 0 Å². The molecule has 0 amide bonds. The Morgan fingerprint density at radius 1 is 1.19 bits per heavy atom. The molecule has 3 aromatic heterocycles. The Bertz CT molecular complexity index is 858. The summed E-state index contributed by atoms with van der Waals surface area (Å²) in [6.07, 6.45) is 7.55. The summed E-state index contributed by atoms with van der Waals surface area (Å²) in [6, 6.07) is 3.96. The highest BCUT2D eigenvalue weighted by Gasteiger charge is 2.30. The van der Waals surface area contributed by atoms with Crippen LogP contribution < -0.4 is 0 Å². The molecule has 3 aromatic rings. The quantitative estimate of drug-likeness (QED) is 0.664. The van der Waals surface area contributed by atoms with Crippen LogP contribution >= 0.6 is 0 Å². The van der Waals surface area contributed by atoms with Crippen LogP contribution in [0.15, 0.2) is 36.9 Å². The summed E-state index contributed by atoms with van der Waals surface area (Å²) in [6.45, 7) is 3.80. The molecular weight excluding hydrogens is 330 g/mol. The number of fused-ring (bicyclic) bond motifs is 1. The first-order valence-electron chi connectivity index (χ1n) is 8.74. The zero-order valence-electron chi connectivity index (χ0n) is 15.1. The monoisotopic (exact) mass is 353 g/mol. The fourth-order valence-electron chi connectivity index (χ4n) is 3.56. The SMILES string of the molecule is Cn1cc(CN2Cc3nnn(C)c3[C@H](COCc3ccncc3)C2)cn1. The summed E-state index contributed by atoms with van der Waals surface area (Å²) in [4.78, 5) is 6.42. The van der Waals surface area contributed by atoms with E-state index in [1.54, 1.807) is 12.4 Å². The second-order valence-electron chi connectivity index (χ2n) is 6.80. The van der Waals surface area contributed by atoms with Crippen molar-refractivity contribution in [2.24, 2.45) is 14.1 Å². The van der Waals surface area contributed by atoms with Crippen LogP contribution in [-0.2, 0) is 38.5 Å². The zero-order valence-corrected chi connectivity index (χ0v) is 15.1. The summed E-state index contributed by atoms with van der Waals surface area (Å²) in [7, 11) is 3.90. The van der Waals surface area contributed by atoms with E-state index in [9.17, 15) is 0 Å². The lowest BCUT2D eigenvalue weighted by Gasteiger charge is -2.31. The van der Waals surface area contributed by atoms with E-state index < -0.39 is 0 Å². The van der Waals surface area contributed by atoms with E-state index in [0.717, 1.165) is 30.9 Å². The molecule has 0 saturated heterocycles. The van der Waals surface area contributed by atoms with Gasteiger partial charge >= 0.3 is 0 Å². The standard InChI is InChI=1S/C18H23N7O/c1-23-8-15(7-20-23)9-25-10-16(18-17(11-25)21-22-24(18)2)13-26-12-14-3-5-19-6-4-14/h3-8,16H,9-13H2,1-2H3/t16-/m0/s1. The number of pyridine rings is 1. The zero-order chi connectivity index (χ0) is 17.9. The van der Waals surface area contributed by atoms with Gasteiger partial charge < -0.3 is 4.74 Å². The Morgan fingerprint density at radius 2 is 2.04 bits per heavy atom. The molecule has 0 N–H and O–H groups in total. The molecule has 4 rings (SSSR count). The van der Waals surface area contributed by atoms with Crippen molar-refractivity contribution in [3.8, 4) is 0 Å². The molecular formula is C18H23N7O. The molecule has 8 nitrogen and oxygen atoms in total. The van der Waals surface area contributed by atoms with Crippen LogP contribution in [0.3, 0.4) is 0 Å². The molecule has 1 aliphatic heterocycles. The number of hydrogen-bond donors (Lipinski definition) is 0. The lowest BCUT2D eigenvalue weighted by molar-refractivity contribution is 0.0829. The third-order valence-electron chi connectivity index (χ3n) is 4.68. The van der Waals surface area contributed by atoms with Gasteiger partial charge in [0, 0.05) is 63.8 Å². The van der Waals surface area contributed by atoms with Crippen molar-refractivity contribution in [1.82, 2.24) is 34.7 Å². The molecule has 136 valence electrons. The highest BCUT2D eigenvalue weighted by molar-refractivity contribution is 5.20. The van der Waals surface area contributed by atoms with Crippen LogP contribution in [0, 0.1) is 0 Å². The second-order valence-corrected chi connectivity index (χ2v) is 6.80. The molecule has 1 aliphatic rings. The fourth-order valence-corrected chi connectivity index (χ4v) is 3.56. The largest absolute Gasteiger partial charge is 0.376 e. The van der Waals surface area contributed by atoms with Gasteiger partial charge in [-0.15, -0.1) is 5.10 Å². The maximum atomic E-state index is 6.00. The van der Waals surface area contributed by atoms with Gasteiger partial charge in [-0.2, -0.15) is 5.10 Å². The van der Waals surface area contributed by atoms with E-state index in [1.165, 1.54) is 11.3 Å². The van der Waals surface area contributed by atoms with E-state index in [2.05, 4.69) is 31.5 Å². The van der Waals surface area contributed by atoms with Gasteiger partial charge in [-0.1, -0.05) is 5.21 Å². The lowest BCUT2D eigenvalue weighted by atomic mass is 9.98. The van der Waals surface area contributed by atoms with Crippen LogP contribution in [0.4, 0.5) is 0 Å². The van der Waals surface area contributed by atoms with Gasteiger partial charge in [0.25, 0.3) is 0 Å². The third kappa shape index (κ3) is 3.66. The smallest absolute Gasteiger partial charge is 0.100 e. The molecule has 0 aliphatic carbocycles. The summed E-state index contributed by atoms with van der Waals surface area (Å²) < 4.78 is 9.73. The molecule has 0 unspecified atom stereocenters. The fraction of sp³-hybridized carbons (Fsp3) is 0.444. The summed E-state index contributed by atoms with van der Waals surface area (Å²) >= 11 is 0. The lowest BCUT2D eigenvalue weighted by Crippen LogP contribution is -2.35. The van der Waals surface area contributed by atoms with Crippen molar-refractivity contribution in [3.05, 3.63) is 59.4 Å². The minimum Gasteiger partial charge on any atom is -0.376 e. The van der Waals surface area contributed by atoms with Crippen molar-refractivity contribution < 1.29 is 4.74 Å². The highest BCUT2D eigenvalue weighted by Crippen LogP contribution is 2.28. The molecule has 0 aromatic carbocycles. The molecule has 26 heavy (non-hydrogen) atoms. The first-order chi connectivity index (χ1) is 12.7. The van der Waals surface area contributed by atoms with Crippen LogP contribution in [0.1, 0.15) is 28.4 Å². The molecule has 8 heteroatoms. The van der Waals surface area contributed by atoms with E-state index >= 15 is 0 Å². The molecule has 0 fully saturated rings. The third-order valence-corrected chi connectivity index (χ3v) is 4.68. The first-order valence-corrected chi connectivity index (χ1v) is 8.74. The topological polar surface area (TPSA) is 73.9 Å². The minimum atomic E-state index is 0.247. The molecule has 4 heterocycles. The molecule has 0 spiro atoms. The first kappa shape index (κ1) is 16.9. The summed E-state index contributed by atoms with van der Waals surface area (Å²) in [5.41, 5.74) is 4.56. The van der Waals surface area contributed by atoms with Crippen molar-refractivity contribution in [2.75, 3.05) is 13.2 Å². The predicted molar refractivity (Wildman–Crippen MR) is 95.0 cm³/mol. The number of ether oxygens (including phenoxy) is 1. The van der Waals surface area contributed by atoms with Gasteiger partial charge in [0.05, 0.1) is 25.1 Å². The predicted octanol–water partition coefficient (Wildman–Crippen LogP) is 1.26. The van der Waals surface area contributed by atoms with Crippen molar-refractivity contribution in [3.63, 3.8) is 0 Å². The number of aromatic nitrogens is 6. The average Bonchev–Trinajstić information content (AvgIpc) is 3.22. The molecule has 0 radical (unpaired) electrons. The molecule has 0 bridgehead atoms. The van der Waals surface area contributed by atoms with Gasteiger partial charge in [0.1, 0.15) is 5.69 Å². The average molecular weight is 353 g/mol. The van der Waals surface area contributed by atoms with E-state index in [-0.39, 0.29) is 5.92 Å². The number of aryl methyl sites for hydroxylation is 2. The van der Waals surface area contributed by atoms with Crippen LogP contribution in [0.2, 0.25) is 0 Å². The van der Waals surface area contributed by atoms with Crippen LogP contribution in [0.5, 0.6) is 0 Å². The van der Waals surface area contributed by atoms with Gasteiger partial charge in [0.15, 0.2) is 0 Å². The van der Waals surface area contributed by atoms with E-state index in [4.69, 9.17) is 4.74 Å². The minimum absolute atomic E-state index is 0.247.